The Morgan fingerprint density at radius 2 is 1.92 bits per heavy atom. The number of hydrogen-bond acceptors (Lipinski definition) is 2. The fraction of sp³-hybridized carbons (Fsp3) is 0.727. The van der Waals surface area contributed by atoms with E-state index in [4.69, 9.17) is 4.74 Å². The van der Waals surface area contributed by atoms with Gasteiger partial charge in [0, 0.05) is 6.42 Å². The maximum absolute atomic E-state index is 11.0. The molecule has 0 unspecified atom stereocenters. The highest BCUT2D eigenvalue weighted by atomic mass is 16.5. The van der Waals surface area contributed by atoms with Gasteiger partial charge >= 0.3 is 5.97 Å². The predicted molar refractivity (Wildman–Crippen MR) is 54.3 cm³/mol. The van der Waals surface area contributed by atoms with E-state index in [1.807, 2.05) is 13.8 Å². The number of unbranched alkanes of at least 4 members (excludes halogenated alkanes) is 1. The largest absolute Gasteiger partial charge is 0.435 e. The van der Waals surface area contributed by atoms with Crippen molar-refractivity contribution in [3.05, 3.63) is 11.8 Å². The highest BCUT2D eigenvalue weighted by Gasteiger charge is 1.98. The first-order valence-electron chi connectivity index (χ1n) is 5.05. The molecule has 0 bridgehead atoms. The lowest BCUT2D eigenvalue weighted by molar-refractivity contribution is -0.138. The van der Waals surface area contributed by atoms with E-state index < -0.39 is 0 Å². The molecule has 0 fully saturated rings. The zero-order valence-electron chi connectivity index (χ0n) is 8.93. The Bertz CT molecular complexity index is 171. The van der Waals surface area contributed by atoms with Crippen molar-refractivity contribution in [3.8, 4) is 0 Å². The minimum atomic E-state index is -0.127. The lowest BCUT2D eigenvalue weighted by Gasteiger charge is -2.00. The Kier molecular flexibility index (Phi) is 7.36. The topological polar surface area (TPSA) is 26.3 Å². The minimum Gasteiger partial charge on any atom is -0.435 e. The van der Waals surface area contributed by atoms with E-state index in [1.54, 1.807) is 6.26 Å². The summed E-state index contributed by atoms with van der Waals surface area (Å²) in [6.07, 6.45) is 6.31. The third kappa shape index (κ3) is 7.57. The van der Waals surface area contributed by atoms with Crippen LogP contribution in [0.1, 0.15) is 52.9 Å². The second-order valence-electron chi connectivity index (χ2n) is 3.31. The molecular formula is C11H20O2. The normalized spacial score (nSPS) is 11.5. The van der Waals surface area contributed by atoms with E-state index in [0.717, 1.165) is 24.8 Å². The van der Waals surface area contributed by atoms with Crippen molar-refractivity contribution in [1.82, 2.24) is 0 Å². The molecule has 0 saturated carbocycles. The molecule has 0 saturated heterocycles. The van der Waals surface area contributed by atoms with Crippen LogP contribution in [0, 0.1) is 0 Å². The maximum atomic E-state index is 11.0. The number of ether oxygens (including phenoxy) is 1. The van der Waals surface area contributed by atoms with Crippen molar-refractivity contribution in [3.63, 3.8) is 0 Å². The van der Waals surface area contributed by atoms with Crippen LogP contribution in [0.4, 0.5) is 0 Å². The summed E-state index contributed by atoms with van der Waals surface area (Å²) in [5, 5.41) is 0. The Morgan fingerprint density at radius 1 is 1.23 bits per heavy atom. The fourth-order valence-electron chi connectivity index (χ4n) is 0.944. The van der Waals surface area contributed by atoms with Crippen LogP contribution in [0.2, 0.25) is 0 Å². The van der Waals surface area contributed by atoms with Gasteiger partial charge < -0.3 is 4.74 Å². The number of carbonyl (C=O) groups is 1. The molecule has 0 spiro atoms. The van der Waals surface area contributed by atoms with Crippen LogP contribution in [0.25, 0.3) is 0 Å². The lowest BCUT2D eigenvalue weighted by atomic mass is 10.1. The molecule has 0 aliphatic rings. The van der Waals surface area contributed by atoms with Crippen molar-refractivity contribution in [2.45, 2.75) is 52.9 Å². The summed E-state index contributed by atoms with van der Waals surface area (Å²) in [7, 11) is 0. The van der Waals surface area contributed by atoms with Crippen molar-refractivity contribution in [1.29, 1.82) is 0 Å². The first-order chi connectivity index (χ1) is 6.20. The Hall–Kier alpha value is -0.790. The van der Waals surface area contributed by atoms with Crippen LogP contribution in [-0.4, -0.2) is 5.97 Å². The number of hydrogen-bond donors (Lipinski definition) is 0. The molecule has 2 heteroatoms. The summed E-state index contributed by atoms with van der Waals surface area (Å²) in [5.41, 5.74) is 1.14. The van der Waals surface area contributed by atoms with E-state index in [2.05, 4.69) is 6.92 Å². The monoisotopic (exact) mass is 184 g/mol. The molecular weight excluding hydrogens is 164 g/mol. The Balaban J connectivity index is 3.62. The quantitative estimate of drug-likeness (QED) is 0.467. The first-order valence-corrected chi connectivity index (χ1v) is 5.05. The van der Waals surface area contributed by atoms with Gasteiger partial charge in [-0.1, -0.05) is 20.3 Å². The van der Waals surface area contributed by atoms with E-state index in [-0.39, 0.29) is 5.97 Å². The van der Waals surface area contributed by atoms with Crippen molar-refractivity contribution >= 4 is 5.97 Å². The van der Waals surface area contributed by atoms with E-state index in [1.165, 1.54) is 6.42 Å². The molecule has 0 aromatic rings. The van der Waals surface area contributed by atoms with Gasteiger partial charge in [0.15, 0.2) is 0 Å². The van der Waals surface area contributed by atoms with Gasteiger partial charge in [-0.15, -0.1) is 0 Å². The summed E-state index contributed by atoms with van der Waals surface area (Å²) in [4.78, 5) is 11.0. The number of allylic oxidation sites excluding steroid dienone is 1. The molecule has 0 aromatic carbocycles. The van der Waals surface area contributed by atoms with Gasteiger partial charge in [0.2, 0.25) is 0 Å². The number of esters is 1. The summed E-state index contributed by atoms with van der Waals surface area (Å²) < 4.78 is 4.94. The maximum Gasteiger partial charge on any atom is 0.310 e. The summed E-state index contributed by atoms with van der Waals surface area (Å²) >= 11 is 0. The molecule has 13 heavy (non-hydrogen) atoms. The van der Waals surface area contributed by atoms with Crippen LogP contribution < -0.4 is 0 Å². The van der Waals surface area contributed by atoms with E-state index in [0.29, 0.717) is 6.42 Å². The van der Waals surface area contributed by atoms with Gasteiger partial charge in [0.05, 0.1) is 6.26 Å². The predicted octanol–water partition coefficient (Wildman–Crippen LogP) is 3.42. The van der Waals surface area contributed by atoms with Crippen LogP contribution in [0.3, 0.4) is 0 Å². The molecule has 2 nitrogen and oxygen atoms in total. The number of rotatable bonds is 6. The van der Waals surface area contributed by atoms with Crippen molar-refractivity contribution in [2.75, 3.05) is 0 Å². The molecule has 0 atom stereocenters. The van der Waals surface area contributed by atoms with Gasteiger partial charge in [0.25, 0.3) is 0 Å². The van der Waals surface area contributed by atoms with Crippen LogP contribution in [0.15, 0.2) is 11.8 Å². The van der Waals surface area contributed by atoms with Gasteiger partial charge in [-0.2, -0.15) is 0 Å². The van der Waals surface area contributed by atoms with Gasteiger partial charge in [-0.05, 0) is 31.8 Å². The highest BCUT2D eigenvalue weighted by molar-refractivity contribution is 5.69. The van der Waals surface area contributed by atoms with E-state index in [9.17, 15) is 4.79 Å². The fourth-order valence-corrected chi connectivity index (χ4v) is 0.944. The molecule has 76 valence electrons. The molecule has 0 amide bonds. The van der Waals surface area contributed by atoms with Gasteiger partial charge in [-0.25, -0.2) is 0 Å². The summed E-state index contributed by atoms with van der Waals surface area (Å²) in [5.74, 6) is -0.127. The molecule has 0 N–H and O–H groups in total. The third-order valence-electron chi connectivity index (χ3n) is 1.77. The molecule has 0 aromatic heterocycles. The zero-order chi connectivity index (χ0) is 10.1. The van der Waals surface area contributed by atoms with Gasteiger partial charge in [0.1, 0.15) is 0 Å². The molecule has 0 aliphatic carbocycles. The van der Waals surface area contributed by atoms with E-state index >= 15 is 0 Å². The number of carbonyl (C=O) groups excluding carboxylic acids is 1. The van der Waals surface area contributed by atoms with Crippen LogP contribution in [0.5, 0.6) is 0 Å². The summed E-state index contributed by atoms with van der Waals surface area (Å²) in [6.45, 7) is 6.11. The second-order valence-corrected chi connectivity index (χ2v) is 3.31. The second kappa shape index (κ2) is 7.84. The van der Waals surface area contributed by atoms with Crippen molar-refractivity contribution in [2.24, 2.45) is 0 Å². The molecule has 0 rings (SSSR count). The van der Waals surface area contributed by atoms with Crippen LogP contribution >= 0.6 is 0 Å². The smallest absolute Gasteiger partial charge is 0.310 e. The molecule has 0 heterocycles. The SMILES string of the molecule is CCCC/C(C)=C\OC(=O)CCC. The molecule has 0 radical (unpaired) electrons. The third-order valence-corrected chi connectivity index (χ3v) is 1.77. The van der Waals surface area contributed by atoms with Crippen molar-refractivity contribution < 1.29 is 9.53 Å². The summed E-state index contributed by atoms with van der Waals surface area (Å²) in [6, 6.07) is 0. The average Bonchev–Trinajstić information content (AvgIpc) is 2.12. The first kappa shape index (κ1) is 12.2. The molecule has 0 aliphatic heterocycles. The average molecular weight is 184 g/mol. The van der Waals surface area contributed by atoms with Crippen LogP contribution in [-0.2, 0) is 9.53 Å². The minimum absolute atomic E-state index is 0.127. The Morgan fingerprint density at radius 3 is 2.46 bits per heavy atom. The standard InChI is InChI=1S/C11H20O2/c1-4-6-8-10(3)9-13-11(12)7-5-2/h9H,4-8H2,1-3H3/b10-9-. The lowest BCUT2D eigenvalue weighted by Crippen LogP contribution is -1.98. The highest BCUT2D eigenvalue weighted by Crippen LogP contribution is 2.06. The van der Waals surface area contributed by atoms with Gasteiger partial charge in [-0.3, -0.25) is 4.79 Å². The Labute approximate surface area is 81.0 Å². The zero-order valence-corrected chi connectivity index (χ0v) is 8.93.